The van der Waals surface area contributed by atoms with E-state index < -0.39 is 10.0 Å². The molecule has 7 heteroatoms. The highest BCUT2D eigenvalue weighted by Gasteiger charge is 2.30. The Balaban J connectivity index is 1.78. The molecular formula is C25H25N3O3S. The van der Waals surface area contributed by atoms with Crippen molar-refractivity contribution in [2.24, 2.45) is 0 Å². The number of ketones is 1. The molecule has 1 aromatic heterocycles. The Morgan fingerprint density at radius 3 is 2.16 bits per heavy atom. The minimum atomic E-state index is -4.05. The minimum Gasteiger partial charge on any atom is -0.323 e. The predicted molar refractivity (Wildman–Crippen MR) is 127 cm³/mol. The molecule has 0 radical (unpaired) electrons. The summed E-state index contributed by atoms with van der Waals surface area (Å²) in [5.41, 5.74) is 2.67. The number of hydrogen-bond acceptors (Lipinski definition) is 4. The molecule has 0 atom stereocenters. The first-order valence-corrected chi connectivity index (χ1v) is 11.8. The van der Waals surface area contributed by atoms with Gasteiger partial charge in [0.25, 0.3) is 10.0 Å². The van der Waals surface area contributed by atoms with Crippen molar-refractivity contribution in [2.45, 2.75) is 31.1 Å². The van der Waals surface area contributed by atoms with Crippen LogP contribution in [0.3, 0.4) is 0 Å². The van der Waals surface area contributed by atoms with E-state index in [9.17, 15) is 13.2 Å². The van der Waals surface area contributed by atoms with Crippen LogP contribution in [-0.2, 0) is 15.4 Å². The van der Waals surface area contributed by atoms with Crippen LogP contribution in [-0.4, -0.2) is 30.7 Å². The Morgan fingerprint density at radius 1 is 0.906 bits per heavy atom. The van der Waals surface area contributed by atoms with E-state index in [0.29, 0.717) is 16.6 Å². The number of fused-ring (bicyclic) bond motifs is 1. The van der Waals surface area contributed by atoms with Gasteiger partial charge in [0.1, 0.15) is 6.54 Å². The van der Waals surface area contributed by atoms with Gasteiger partial charge in [-0.1, -0.05) is 75.4 Å². The fourth-order valence-corrected chi connectivity index (χ4v) is 4.77. The third-order valence-electron chi connectivity index (χ3n) is 5.30. The van der Waals surface area contributed by atoms with Crippen molar-refractivity contribution >= 4 is 32.8 Å². The molecular weight excluding hydrogens is 422 g/mol. The maximum atomic E-state index is 13.7. The average molecular weight is 448 g/mol. The first-order valence-electron chi connectivity index (χ1n) is 10.3. The van der Waals surface area contributed by atoms with Crippen molar-refractivity contribution in [1.29, 1.82) is 0 Å². The number of aromatic nitrogens is 2. The molecule has 0 aliphatic rings. The largest absolute Gasteiger partial charge is 0.323 e. The van der Waals surface area contributed by atoms with E-state index in [1.54, 1.807) is 48.5 Å². The number of nitrogens with one attached hydrogen (secondary N) is 1. The van der Waals surface area contributed by atoms with Crippen LogP contribution in [0, 0.1) is 0 Å². The zero-order valence-electron chi connectivity index (χ0n) is 18.2. The highest BCUT2D eigenvalue weighted by Crippen LogP contribution is 2.27. The van der Waals surface area contributed by atoms with Crippen LogP contribution in [0.2, 0.25) is 0 Å². The summed E-state index contributed by atoms with van der Waals surface area (Å²) in [6.45, 7) is 5.83. The van der Waals surface area contributed by atoms with E-state index in [2.05, 4.69) is 30.7 Å². The third-order valence-corrected chi connectivity index (χ3v) is 7.05. The molecule has 0 aliphatic heterocycles. The molecule has 0 fully saturated rings. The maximum Gasteiger partial charge on any atom is 0.267 e. The summed E-state index contributed by atoms with van der Waals surface area (Å²) >= 11 is 0. The van der Waals surface area contributed by atoms with Gasteiger partial charge >= 0.3 is 0 Å². The third kappa shape index (κ3) is 4.29. The average Bonchev–Trinajstić information content (AvgIpc) is 3.21. The molecule has 32 heavy (non-hydrogen) atoms. The summed E-state index contributed by atoms with van der Waals surface area (Å²) in [5.74, 6) is -0.212. The van der Waals surface area contributed by atoms with Gasteiger partial charge in [0.15, 0.2) is 5.78 Å². The van der Waals surface area contributed by atoms with Crippen LogP contribution < -0.4 is 4.31 Å². The Morgan fingerprint density at radius 2 is 1.53 bits per heavy atom. The van der Waals surface area contributed by atoms with Crippen LogP contribution in [0.15, 0.2) is 83.8 Å². The number of aromatic amines is 1. The maximum absolute atomic E-state index is 13.7. The quantitative estimate of drug-likeness (QED) is 0.425. The number of nitrogens with zero attached hydrogens (tertiary/aromatic N) is 2. The van der Waals surface area contributed by atoms with Gasteiger partial charge in [0, 0.05) is 5.56 Å². The number of imidazole rings is 1. The van der Waals surface area contributed by atoms with E-state index in [1.165, 1.54) is 0 Å². The molecule has 0 spiro atoms. The van der Waals surface area contributed by atoms with Crippen LogP contribution in [0.5, 0.6) is 0 Å². The van der Waals surface area contributed by atoms with Gasteiger partial charge < -0.3 is 4.98 Å². The Labute approximate surface area is 188 Å². The lowest BCUT2D eigenvalue weighted by atomic mass is 9.87. The SMILES string of the molecule is CC(C)(C)c1ccc(S(=O)(=O)N(CC(=O)c2ccccc2)c2nc3ccccc3[nH]2)cc1. The van der Waals surface area contributed by atoms with E-state index >= 15 is 0 Å². The Kier molecular flexibility index (Phi) is 5.60. The molecule has 1 heterocycles. The summed E-state index contributed by atoms with van der Waals surface area (Å²) in [5, 5.41) is 0. The summed E-state index contributed by atoms with van der Waals surface area (Å²) in [4.78, 5) is 20.6. The standard InChI is InChI=1S/C25H25N3O3S/c1-25(2,3)19-13-15-20(16-14-19)32(30,31)28(17-23(29)18-9-5-4-6-10-18)24-26-21-11-7-8-12-22(21)27-24/h4-16H,17H2,1-3H3,(H,26,27). The number of carbonyl (C=O) groups is 1. The van der Waals surface area contributed by atoms with Crippen molar-refractivity contribution in [2.75, 3.05) is 10.8 Å². The molecule has 1 N–H and O–H groups in total. The summed E-state index contributed by atoms with van der Waals surface area (Å²) in [6, 6.07) is 22.7. The van der Waals surface area contributed by atoms with E-state index in [1.807, 2.05) is 30.3 Å². The second-order valence-electron chi connectivity index (χ2n) is 8.65. The zero-order chi connectivity index (χ0) is 22.9. The van der Waals surface area contributed by atoms with Gasteiger partial charge in [0.05, 0.1) is 15.9 Å². The summed E-state index contributed by atoms with van der Waals surface area (Å²) < 4.78 is 28.4. The number of hydrogen-bond donors (Lipinski definition) is 1. The molecule has 6 nitrogen and oxygen atoms in total. The van der Waals surface area contributed by atoms with Crippen molar-refractivity contribution in [1.82, 2.24) is 9.97 Å². The summed E-state index contributed by atoms with van der Waals surface area (Å²) in [6.07, 6.45) is 0. The van der Waals surface area contributed by atoms with Crippen molar-refractivity contribution in [3.63, 3.8) is 0 Å². The van der Waals surface area contributed by atoms with Crippen LogP contribution in [0.25, 0.3) is 11.0 Å². The lowest BCUT2D eigenvalue weighted by Gasteiger charge is -2.23. The molecule has 4 rings (SSSR count). The lowest BCUT2D eigenvalue weighted by Crippen LogP contribution is -2.36. The van der Waals surface area contributed by atoms with E-state index in [0.717, 1.165) is 9.87 Å². The van der Waals surface area contributed by atoms with Gasteiger partial charge in [0.2, 0.25) is 5.95 Å². The molecule has 0 saturated carbocycles. The summed E-state index contributed by atoms with van der Waals surface area (Å²) in [7, 11) is -4.05. The molecule has 0 saturated heterocycles. The number of sulfonamides is 1. The fourth-order valence-electron chi connectivity index (χ4n) is 3.43. The minimum absolute atomic E-state index is 0.104. The van der Waals surface area contributed by atoms with Crippen LogP contribution in [0.1, 0.15) is 36.7 Å². The molecule has 0 aliphatic carbocycles. The molecule has 164 valence electrons. The van der Waals surface area contributed by atoms with Crippen LogP contribution in [0.4, 0.5) is 5.95 Å². The van der Waals surface area contributed by atoms with Gasteiger partial charge in [-0.05, 0) is 35.2 Å². The topological polar surface area (TPSA) is 83.1 Å². The molecule has 0 amide bonds. The number of benzene rings is 3. The van der Waals surface area contributed by atoms with Crippen LogP contribution >= 0.6 is 0 Å². The zero-order valence-corrected chi connectivity index (χ0v) is 19.1. The second kappa shape index (κ2) is 8.24. The number of anilines is 1. The number of rotatable bonds is 6. The lowest BCUT2D eigenvalue weighted by molar-refractivity contribution is 0.100. The van der Waals surface area contributed by atoms with Gasteiger partial charge in [-0.15, -0.1) is 0 Å². The number of Topliss-reactive ketones (excluding diaryl/α,β-unsaturated/α-hetero) is 1. The monoisotopic (exact) mass is 447 g/mol. The van der Waals surface area contributed by atoms with Gasteiger partial charge in [-0.2, -0.15) is 0 Å². The molecule has 3 aromatic carbocycles. The van der Waals surface area contributed by atoms with Crippen molar-refractivity contribution in [3.05, 3.63) is 90.0 Å². The molecule has 0 bridgehead atoms. The normalized spacial score (nSPS) is 12.1. The Hall–Kier alpha value is -3.45. The fraction of sp³-hybridized carbons (Fsp3) is 0.200. The first-order chi connectivity index (χ1) is 15.2. The van der Waals surface area contributed by atoms with Crippen molar-refractivity contribution < 1.29 is 13.2 Å². The highest BCUT2D eigenvalue weighted by molar-refractivity contribution is 7.92. The van der Waals surface area contributed by atoms with Gasteiger partial charge in [-0.3, -0.25) is 4.79 Å². The van der Waals surface area contributed by atoms with E-state index in [-0.39, 0.29) is 28.6 Å². The molecule has 4 aromatic rings. The number of H-pyrrole nitrogens is 1. The molecule has 0 unspecified atom stereocenters. The van der Waals surface area contributed by atoms with E-state index in [4.69, 9.17) is 0 Å². The Bertz CT molecular complexity index is 1320. The number of para-hydroxylation sites is 2. The predicted octanol–water partition coefficient (Wildman–Crippen LogP) is 4.94. The number of carbonyl (C=O) groups excluding carboxylic acids is 1. The van der Waals surface area contributed by atoms with Gasteiger partial charge in [-0.25, -0.2) is 17.7 Å². The smallest absolute Gasteiger partial charge is 0.267 e. The van der Waals surface area contributed by atoms with Crippen molar-refractivity contribution in [3.8, 4) is 0 Å². The highest BCUT2D eigenvalue weighted by atomic mass is 32.2. The first kappa shape index (κ1) is 21.8. The second-order valence-corrected chi connectivity index (χ2v) is 10.5.